The lowest BCUT2D eigenvalue weighted by atomic mass is 10.0. The third-order valence-electron chi connectivity index (χ3n) is 5.71. The first-order chi connectivity index (χ1) is 15.4. The second-order valence-corrected chi connectivity index (χ2v) is 8.73. The number of halogens is 1. The Hall–Kier alpha value is -3.16. The minimum atomic E-state index is -0.744. The average Bonchev–Trinajstić information content (AvgIpc) is 3.12. The maximum atomic E-state index is 13.5. The van der Waals surface area contributed by atoms with Crippen molar-refractivity contribution in [3.05, 3.63) is 75.3 Å². The Balaban J connectivity index is 1.70. The van der Waals surface area contributed by atoms with Crippen LogP contribution < -0.4 is 4.90 Å². The van der Waals surface area contributed by atoms with Crippen LogP contribution >= 0.6 is 15.9 Å². The van der Waals surface area contributed by atoms with E-state index in [1.54, 1.807) is 26.2 Å². The van der Waals surface area contributed by atoms with Crippen LogP contribution in [0.2, 0.25) is 0 Å². The van der Waals surface area contributed by atoms with Crippen LogP contribution in [-0.4, -0.2) is 25.2 Å². The van der Waals surface area contributed by atoms with E-state index in [0.29, 0.717) is 34.6 Å². The minimum Gasteiger partial charge on any atom is -0.456 e. The van der Waals surface area contributed by atoms with Crippen molar-refractivity contribution in [2.75, 3.05) is 12.0 Å². The monoisotopic (exact) mass is 493 g/mol. The first-order valence-corrected chi connectivity index (χ1v) is 11.0. The van der Waals surface area contributed by atoms with Crippen LogP contribution in [0, 0.1) is 6.92 Å². The van der Waals surface area contributed by atoms with Gasteiger partial charge in [0.1, 0.15) is 11.2 Å². The number of esters is 1. The van der Waals surface area contributed by atoms with Gasteiger partial charge in [0.25, 0.3) is 5.91 Å². The molecule has 1 atom stereocenters. The maximum Gasteiger partial charge on any atom is 0.342 e. The number of cyclic esters (lactones) is 1. The van der Waals surface area contributed by atoms with E-state index in [1.807, 2.05) is 43.3 Å². The summed E-state index contributed by atoms with van der Waals surface area (Å²) in [5, 5.41) is 1.72. The second kappa shape index (κ2) is 7.76. The zero-order valence-corrected chi connectivity index (χ0v) is 19.4. The highest BCUT2D eigenvalue weighted by atomic mass is 79.9. The van der Waals surface area contributed by atoms with Crippen LogP contribution in [-0.2, 0) is 16.1 Å². The Kier molecular flexibility index (Phi) is 5.03. The van der Waals surface area contributed by atoms with Gasteiger partial charge in [0, 0.05) is 27.9 Å². The molecule has 0 N–H and O–H groups in total. The van der Waals surface area contributed by atoms with Crippen molar-refractivity contribution in [1.82, 2.24) is 0 Å². The Morgan fingerprint density at radius 3 is 2.62 bits per heavy atom. The van der Waals surface area contributed by atoms with Crippen LogP contribution in [0.3, 0.4) is 0 Å². The number of benzene rings is 3. The van der Waals surface area contributed by atoms with Crippen molar-refractivity contribution in [3.63, 3.8) is 0 Å². The van der Waals surface area contributed by atoms with Gasteiger partial charge < -0.3 is 13.9 Å². The summed E-state index contributed by atoms with van der Waals surface area (Å²) in [4.78, 5) is 27.7. The van der Waals surface area contributed by atoms with E-state index < -0.39 is 12.2 Å². The van der Waals surface area contributed by atoms with Crippen molar-refractivity contribution in [1.29, 1.82) is 0 Å². The Bertz CT molecular complexity index is 1410. The molecule has 32 heavy (non-hydrogen) atoms. The summed E-state index contributed by atoms with van der Waals surface area (Å²) in [7, 11) is 1.65. The largest absolute Gasteiger partial charge is 0.456 e. The maximum absolute atomic E-state index is 13.5. The van der Waals surface area contributed by atoms with Crippen molar-refractivity contribution in [2.45, 2.75) is 26.7 Å². The number of aryl methyl sites for hydroxylation is 1. The standard InChI is InChI=1S/C25H20BrNO5/c1-13-8-16(5-6-20(13)26)24(28)27-14(2)31-25(29)19-11-23-18(10-21(19)27)17-9-15(12-30-3)4-7-22(17)32-23/h4-11,14H,12H2,1-3H3. The molecule has 5 rings (SSSR count). The van der Waals surface area contributed by atoms with Gasteiger partial charge in [0.05, 0.1) is 17.9 Å². The first-order valence-electron chi connectivity index (χ1n) is 10.2. The number of ether oxygens (including phenoxy) is 2. The number of hydrogen-bond donors (Lipinski definition) is 0. The molecule has 3 aromatic carbocycles. The molecular formula is C25H20BrNO5. The van der Waals surface area contributed by atoms with E-state index in [2.05, 4.69) is 15.9 Å². The third kappa shape index (κ3) is 3.29. The molecule has 6 nitrogen and oxygen atoms in total. The van der Waals surface area contributed by atoms with E-state index in [-0.39, 0.29) is 5.91 Å². The molecule has 1 amide bonds. The van der Waals surface area contributed by atoms with Gasteiger partial charge in [-0.15, -0.1) is 0 Å². The van der Waals surface area contributed by atoms with E-state index in [4.69, 9.17) is 13.9 Å². The highest BCUT2D eigenvalue weighted by Gasteiger charge is 2.35. The van der Waals surface area contributed by atoms with Crippen LogP contribution in [0.5, 0.6) is 0 Å². The van der Waals surface area contributed by atoms with Crippen molar-refractivity contribution >= 4 is 55.4 Å². The zero-order chi connectivity index (χ0) is 22.6. The molecule has 0 fully saturated rings. The molecule has 4 aromatic rings. The van der Waals surface area contributed by atoms with Crippen LogP contribution in [0.4, 0.5) is 5.69 Å². The Morgan fingerprint density at radius 1 is 1.09 bits per heavy atom. The lowest BCUT2D eigenvalue weighted by molar-refractivity contribution is 0.0296. The number of hydrogen-bond acceptors (Lipinski definition) is 5. The predicted octanol–water partition coefficient (Wildman–Crippen LogP) is 5.97. The molecule has 0 bridgehead atoms. The number of fused-ring (bicyclic) bond motifs is 4. The third-order valence-corrected chi connectivity index (χ3v) is 6.60. The number of carbonyl (C=O) groups excluding carboxylic acids is 2. The zero-order valence-electron chi connectivity index (χ0n) is 17.8. The van der Waals surface area contributed by atoms with Gasteiger partial charge in [-0.2, -0.15) is 0 Å². The second-order valence-electron chi connectivity index (χ2n) is 7.87. The first kappa shape index (κ1) is 20.7. The molecule has 2 heterocycles. The summed E-state index contributed by atoms with van der Waals surface area (Å²) < 4.78 is 17.6. The summed E-state index contributed by atoms with van der Waals surface area (Å²) in [6, 6.07) is 14.7. The molecule has 1 unspecified atom stereocenters. The number of amides is 1. The van der Waals surface area contributed by atoms with Gasteiger partial charge in [-0.1, -0.05) is 22.0 Å². The number of carbonyl (C=O) groups is 2. The fraction of sp³-hybridized carbons (Fsp3) is 0.200. The van der Waals surface area contributed by atoms with Crippen molar-refractivity contribution in [3.8, 4) is 0 Å². The Morgan fingerprint density at radius 2 is 1.88 bits per heavy atom. The average molecular weight is 494 g/mol. The van der Waals surface area contributed by atoms with Gasteiger partial charge in [-0.05, 0) is 67.4 Å². The highest BCUT2D eigenvalue weighted by molar-refractivity contribution is 9.10. The molecule has 0 saturated heterocycles. The molecular weight excluding hydrogens is 474 g/mol. The lowest BCUT2D eigenvalue weighted by Crippen LogP contribution is -2.45. The van der Waals surface area contributed by atoms with Gasteiger partial charge in [0.2, 0.25) is 0 Å². The molecule has 1 aliphatic rings. The topological polar surface area (TPSA) is 69.0 Å². The molecule has 162 valence electrons. The van der Waals surface area contributed by atoms with Gasteiger partial charge >= 0.3 is 5.97 Å². The SMILES string of the molecule is COCc1ccc2oc3cc4c(cc3c2c1)N(C(=O)c1ccc(Br)c(C)c1)C(C)OC4=O. The van der Waals surface area contributed by atoms with E-state index in [9.17, 15) is 9.59 Å². The number of rotatable bonds is 3. The molecule has 0 radical (unpaired) electrons. The van der Waals surface area contributed by atoms with Crippen molar-refractivity contribution < 1.29 is 23.5 Å². The highest BCUT2D eigenvalue weighted by Crippen LogP contribution is 2.38. The normalized spacial score (nSPS) is 15.8. The quantitative estimate of drug-likeness (QED) is 0.329. The van der Waals surface area contributed by atoms with Crippen LogP contribution in [0.25, 0.3) is 21.9 Å². The smallest absolute Gasteiger partial charge is 0.342 e. The summed E-state index contributed by atoms with van der Waals surface area (Å²) >= 11 is 3.47. The summed E-state index contributed by atoms with van der Waals surface area (Å²) in [5.41, 5.74) is 4.53. The van der Waals surface area contributed by atoms with E-state index >= 15 is 0 Å². The molecule has 1 aromatic heterocycles. The van der Waals surface area contributed by atoms with Gasteiger partial charge in [-0.25, -0.2) is 4.79 Å². The fourth-order valence-electron chi connectivity index (χ4n) is 4.14. The van der Waals surface area contributed by atoms with E-state index in [0.717, 1.165) is 26.4 Å². The Labute approximate surface area is 192 Å². The number of nitrogens with zero attached hydrogens (tertiary/aromatic N) is 1. The van der Waals surface area contributed by atoms with E-state index in [1.165, 1.54) is 4.90 Å². The lowest BCUT2D eigenvalue weighted by Gasteiger charge is -2.34. The molecule has 7 heteroatoms. The van der Waals surface area contributed by atoms with Gasteiger partial charge in [-0.3, -0.25) is 9.69 Å². The molecule has 1 aliphatic heterocycles. The minimum absolute atomic E-state index is 0.242. The number of methoxy groups -OCH3 is 1. The van der Waals surface area contributed by atoms with Crippen molar-refractivity contribution in [2.24, 2.45) is 0 Å². The molecule has 0 saturated carbocycles. The fourth-order valence-corrected chi connectivity index (χ4v) is 4.38. The number of anilines is 1. The summed E-state index contributed by atoms with van der Waals surface area (Å²) in [6.45, 7) is 4.09. The summed E-state index contributed by atoms with van der Waals surface area (Å²) in [6.07, 6.45) is -0.744. The molecule has 0 aliphatic carbocycles. The number of furan rings is 1. The van der Waals surface area contributed by atoms with Gasteiger partial charge in [0.15, 0.2) is 6.23 Å². The molecule has 0 spiro atoms. The summed E-state index contributed by atoms with van der Waals surface area (Å²) in [5.74, 6) is -0.722. The predicted molar refractivity (Wildman–Crippen MR) is 125 cm³/mol. The van der Waals surface area contributed by atoms with Crippen LogP contribution in [0.15, 0.2) is 57.4 Å². The van der Waals surface area contributed by atoms with Crippen LogP contribution in [0.1, 0.15) is 38.8 Å².